The highest BCUT2D eigenvalue weighted by Crippen LogP contribution is 2.29. The number of aromatic amines is 1. The predicted octanol–water partition coefficient (Wildman–Crippen LogP) is -1.01. The zero-order chi connectivity index (χ0) is 14.7. The summed E-state index contributed by atoms with van der Waals surface area (Å²) in [6, 6.07) is -0.605. The first kappa shape index (κ1) is 14.3. The summed E-state index contributed by atoms with van der Waals surface area (Å²) in [6.45, 7) is -0.878. The minimum atomic E-state index is -0.780. The lowest BCUT2D eigenvalue weighted by atomic mass is 10.1. The zero-order valence-electron chi connectivity index (χ0n) is 10.3. The van der Waals surface area contributed by atoms with Gasteiger partial charge in [0.15, 0.2) is 0 Å². The van der Waals surface area contributed by atoms with Crippen molar-refractivity contribution in [3.63, 3.8) is 0 Å². The van der Waals surface area contributed by atoms with Crippen molar-refractivity contribution in [3.8, 4) is 0 Å². The number of rotatable bonds is 4. The van der Waals surface area contributed by atoms with E-state index in [9.17, 15) is 9.59 Å². The van der Waals surface area contributed by atoms with Gasteiger partial charge in [-0.1, -0.05) is 5.11 Å². The van der Waals surface area contributed by atoms with Crippen LogP contribution in [0.2, 0.25) is 0 Å². The summed E-state index contributed by atoms with van der Waals surface area (Å²) in [5.41, 5.74) is 7.09. The SMILES string of the molecule is [N-]=[N+]=NC1CC(n2cc(CO)c(=O)[nH]c2=O)OC1CO. The summed E-state index contributed by atoms with van der Waals surface area (Å²) in [7, 11) is 0. The molecular weight excluding hydrogens is 270 g/mol. The van der Waals surface area contributed by atoms with Crippen LogP contribution in [-0.4, -0.2) is 38.5 Å². The molecule has 0 bridgehead atoms. The van der Waals surface area contributed by atoms with Gasteiger partial charge in [-0.2, -0.15) is 0 Å². The van der Waals surface area contributed by atoms with E-state index in [0.717, 1.165) is 4.57 Å². The summed E-state index contributed by atoms with van der Waals surface area (Å²) in [4.78, 5) is 27.8. The largest absolute Gasteiger partial charge is 0.394 e. The molecule has 2 rings (SSSR count). The molecule has 3 N–H and O–H groups in total. The van der Waals surface area contributed by atoms with E-state index in [1.54, 1.807) is 0 Å². The van der Waals surface area contributed by atoms with Gasteiger partial charge in [0.2, 0.25) is 0 Å². The monoisotopic (exact) mass is 283 g/mol. The maximum Gasteiger partial charge on any atom is 0.330 e. The Labute approximate surface area is 111 Å². The van der Waals surface area contributed by atoms with E-state index in [4.69, 9.17) is 20.5 Å². The quantitative estimate of drug-likeness (QED) is 0.367. The topological polar surface area (TPSA) is 153 Å². The first-order chi connectivity index (χ1) is 9.60. The normalized spacial score (nSPS) is 25.4. The summed E-state index contributed by atoms with van der Waals surface area (Å²) >= 11 is 0. The number of aliphatic hydroxyl groups excluding tert-OH is 2. The summed E-state index contributed by atoms with van der Waals surface area (Å²) in [6.07, 6.45) is -0.116. The molecule has 10 heteroatoms. The van der Waals surface area contributed by atoms with Gasteiger partial charge in [0.05, 0.1) is 30.9 Å². The van der Waals surface area contributed by atoms with Crippen molar-refractivity contribution in [1.29, 1.82) is 0 Å². The Hall–Kier alpha value is -2.13. The highest BCUT2D eigenvalue weighted by Gasteiger charge is 2.35. The van der Waals surface area contributed by atoms with Gasteiger partial charge < -0.3 is 14.9 Å². The van der Waals surface area contributed by atoms with Gasteiger partial charge in [-0.3, -0.25) is 14.3 Å². The second-order valence-electron chi connectivity index (χ2n) is 4.30. The molecule has 0 spiro atoms. The third-order valence-corrected chi connectivity index (χ3v) is 3.11. The number of nitrogens with zero attached hydrogens (tertiary/aromatic N) is 4. The number of ether oxygens (including phenoxy) is 1. The van der Waals surface area contributed by atoms with E-state index in [1.807, 2.05) is 0 Å². The highest BCUT2D eigenvalue weighted by atomic mass is 16.5. The molecule has 1 aromatic heterocycles. The van der Waals surface area contributed by atoms with E-state index in [-0.39, 0.29) is 18.6 Å². The Morgan fingerprint density at radius 3 is 2.90 bits per heavy atom. The molecule has 0 aliphatic carbocycles. The average Bonchev–Trinajstić information content (AvgIpc) is 2.82. The molecule has 0 aromatic carbocycles. The second-order valence-corrected chi connectivity index (χ2v) is 4.30. The van der Waals surface area contributed by atoms with Gasteiger partial charge in [0.1, 0.15) is 6.23 Å². The van der Waals surface area contributed by atoms with Crippen LogP contribution >= 0.6 is 0 Å². The maximum absolute atomic E-state index is 11.7. The number of azide groups is 1. The lowest BCUT2D eigenvalue weighted by Gasteiger charge is -2.15. The van der Waals surface area contributed by atoms with Crippen molar-refractivity contribution in [3.05, 3.63) is 43.0 Å². The van der Waals surface area contributed by atoms with Crippen molar-refractivity contribution >= 4 is 0 Å². The fourth-order valence-electron chi connectivity index (χ4n) is 2.09. The number of hydrogen-bond acceptors (Lipinski definition) is 6. The van der Waals surface area contributed by atoms with Gasteiger partial charge in [-0.05, 0) is 5.53 Å². The molecule has 3 unspecified atom stereocenters. The average molecular weight is 283 g/mol. The number of hydrogen-bond donors (Lipinski definition) is 3. The van der Waals surface area contributed by atoms with E-state index in [2.05, 4.69) is 15.0 Å². The van der Waals surface area contributed by atoms with Gasteiger partial charge in [0, 0.05) is 17.5 Å². The smallest absolute Gasteiger partial charge is 0.330 e. The molecule has 0 radical (unpaired) electrons. The summed E-state index contributed by atoms with van der Waals surface area (Å²) < 4.78 is 6.53. The molecule has 1 fully saturated rings. The Kier molecular flexibility index (Phi) is 4.20. The fraction of sp³-hybridized carbons (Fsp3) is 0.600. The van der Waals surface area contributed by atoms with Crippen molar-refractivity contribution in [2.45, 2.75) is 31.4 Å². The molecule has 1 aliphatic rings. The Bertz CT molecular complexity index is 646. The van der Waals surface area contributed by atoms with Gasteiger partial charge >= 0.3 is 5.69 Å². The zero-order valence-corrected chi connectivity index (χ0v) is 10.3. The predicted molar refractivity (Wildman–Crippen MR) is 65.8 cm³/mol. The molecule has 20 heavy (non-hydrogen) atoms. The molecule has 108 valence electrons. The first-order valence-corrected chi connectivity index (χ1v) is 5.86. The number of aromatic nitrogens is 2. The molecule has 3 atom stereocenters. The van der Waals surface area contributed by atoms with E-state index < -0.39 is 36.2 Å². The Morgan fingerprint density at radius 1 is 1.55 bits per heavy atom. The molecule has 0 amide bonds. The summed E-state index contributed by atoms with van der Waals surface area (Å²) in [5, 5.41) is 21.7. The number of H-pyrrole nitrogens is 1. The lowest BCUT2D eigenvalue weighted by Crippen LogP contribution is -2.34. The van der Waals surface area contributed by atoms with E-state index in [0.29, 0.717) is 0 Å². The molecule has 1 saturated heterocycles. The number of nitrogens with one attached hydrogen (secondary N) is 1. The third-order valence-electron chi connectivity index (χ3n) is 3.11. The van der Waals surface area contributed by atoms with Crippen LogP contribution in [0.3, 0.4) is 0 Å². The van der Waals surface area contributed by atoms with Crippen LogP contribution in [0.25, 0.3) is 10.4 Å². The van der Waals surface area contributed by atoms with Gasteiger partial charge in [-0.25, -0.2) is 4.79 Å². The van der Waals surface area contributed by atoms with Crippen LogP contribution in [0.5, 0.6) is 0 Å². The summed E-state index contributed by atoms with van der Waals surface area (Å²) in [5.74, 6) is 0. The second kappa shape index (κ2) is 5.88. The van der Waals surface area contributed by atoms with Crippen molar-refractivity contribution < 1.29 is 14.9 Å². The number of aliphatic hydroxyl groups is 2. The first-order valence-electron chi connectivity index (χ1n) is 5.86. The molecule has 10 nitrogen and oxygen atoms in total. The van der Waals surface area contributed by atoms with Crippen LogP contribution in [0, 0.1) is 0 Å². The van der Waals surface area contributed by atoms with Crippen LogP contribution in [0.15, 0.2) is 20.9 Å². The minimum absolute atomic E-state index is 0.0148. The van der Waals surface area contributed by atoms with E-state index in [1.165, 1.54) is 6.20 Å². The lowest BCUT2D eigenvalue weighted by molar-refractivity contribution is -0.0272. The molecule has 1 aliphatic heterocycles. The molecule has 1 aromatic rings. The van der Waals surface area contributed by atoms with Crippen LogP contribution < -0.4 is 11.2 Å². The molecule has 0 saturated carbocycles. The minimum Gasteiger partial charge on any atom is -0.394 e. The van der Waals surface area contributed by atoms with Gasteiger partial charge in [-0.15, -0.1) is 0 Å². The Morgan fingerprint density at radius 2 is 2.30 bits per heavy atom. The van der Waals surface area contributed by atoms with Crippen molar-refractivity contribution in [2.24, 2.45) is 5.11 Å². The van der Waals surface area contributed by atoms with Crippen LogP contribution in [0.4, 0.5) is 0 Å². The van der Waals surface area contributed by atoms with Crippen LogP contribution in [-0.2, 0) is 11.3 Å². The van der Waals surface area contributed by atoms with Gasteiger partial charge in [0.25, 0.3) is 5.56 Å². The fourth-order valence-corrected chi connectivity index (χ4v) is 2.09. The van der Waals surface area contributed by atoms with Crippen molar-refractivity contribution in [1.82, 2.24) is 9.55 Å². The highest BCUT2D eigenvalue weighted by molar-refractivity contribution is 5.04. The molecular formula is C10H13N5O5. The molecule has 2 heterocycles. The van der Waals surface area contributed by atoms with E-state index >= 15 is 0 Å². The van der Waals surface area contributed by atoms with Crippen LogP contribution in [0.1, 0.15) is 18.2 Å². The Balaban J connectivity index is 2.36. The standard InChI is InChI=1S/C10H13N5O5/c11-14-13-6-1-8(20-7(6)4-17)15-2-5(3-16)9(18)12-10(15)19/h2,6-8,16-17H,1,3-4H2,(H,12,18,19). The maximum atomic E-state index is 11.7. The third kappa shape index (κ3) is 2.58. The van der Waals surface area contributed by atoms with Crippen molar-refractivity contribution in [2.75, 3.05) is 6.61 Å².